The van der Waals surface area contributed by atoms with Crippen molar-refractivity contribution < 1.29 is 42.5 Å². The average Bonchev–Trinajstić information content (AvgIpc) is 2.26. The van der Waals surface area contributed by atoms with Gasteiger partial charge in [0.15, 0.2) is 0 Å². The molecule has 2 aromatic rings. The molecule has 2 aromatic carbocycles. The molecule has 0 radical (unpaired) electrons. The minimum atomic E-state index is -4.52. The Hall–Kier alpha value is -0.650. The van der Waals surface area contributed by atoms with Gasteiger partial charge in [0.25, 0.3) is 0 Å². The van der Waals surface area contributed by atoms with Gasteiger partial charge in [-0.3, -0.25) is 0 Å². The van der Waals surface area contributed by atoms with E-state index >= 15 is 0 Å². The summed E-state index contributed by atoms with van der Waals surface area (Å²) in [7, 11) is -4.52. The van der Waals surface area contributed by atoms with E-state index in [1.807, 2.05) is 0 Å². The topological polar surface area (TPSA) is 57.2 Å². The molecule has 0 N–H and O–H groups in total. The second-order valence-electron chi connectivity index (χ2n) is 3.90. The van der Waals surface area contributed by atoms with Crippen LogP contribution in [0, 0.1) is 0 Å². The van der Waals surface area contributed by atoms with E-state index in [2.05, 4.69) is 6.58 Å². The Morgan fingerprint density at radius 3 is 2.33 bits per heavy atom. The van der Waals surface area contributed by atoms with Gasteiger partial charge >= 0.3 is 29.6 Å². The zero-order valence-corrected chi connectivity index (χ0v) is 13.1. The quantitative estimate of drug-likeness (QED) is 0.560. The maximum Gasteiger partial charge on any atom is 1.00 e. The molecule has 3 nitrogen and oxygen atoms in total. The Labute approximate surface area is 129 Å². The molecule has 0 amide bonds. The van der Waals surface area contributed by atoms with Gasteiger partial charge in [-0.15, -0.1) is 0 Å². The molecule has 0 saturated carbocycles. The Bertz CT molecular complexity index is 705. The minimum absolute atomic E-state index is 0. The van der Waals surface area contributed by atoms with E-state index in [-0.39, 0.29) is 34.5 Å². The number of hydrogen-bond acceptors (Lipinski definition) is 3. The van der Waals surface area contributed by atoms with E-state index in [0.717, 1.165) is 5.39 Å². The summed E-state index contributed by atoms with van der Waals surface area (Å²) in [5, 5.41) is 1.18. The van der Waals surface area contributed by atoms with Crippen LogP contribution in [0.5, 0.6) is 0 Å². The van der Waals surface area contributed by atoms with Crippen LogP contribution in [0.1, 0.15) is 12.5 Å². The van der Waals surface area contributed by atoms with Gasteiger partial charge in [-0.2, -0.15) is 0 Å². The first-order chi connectivity index (χ1) is 7.91. The minimum Gasteiger partial charge on any atom is -0.744 e. The van der Waals surface area contributed by atoms with Gasteiger partial charge in [-0.1, -0.05) is 43.0 Å². The fourth-order valence-corrected chi connectivity index (χ4v) is 2.82. The van der Waals surface area contributed by atoms with E-state index < -0.39 is 10.1 Å². The van der Waals surface area contributed by atoms with Gasteiger partial charge in [-0.05, 0) is 28.8 Å². The monoisotopic (exact) mass is 270 g/mol. The van der Waals surface area contributed by atoms with Crippen LogP contribution in [-0.2, 0) is 10.1 Å². The van der Waals surface area contributed by atoms with Crippen molar-refractivity contribution in [3.05, 3.63) is 48.5 Å². The normalized spacial score (nSPS) is 11.0. The van der Waals surface area contributed by atoms with Gasteiger partial charge in [-0.25, -0.2) is 8.42 Å². The Balaban J connectivity index is 0.00000162. The van der Waals surface area contributed by atoms with Gasteiger partial charge in [0.1, 0.15) is 10.1 Å². The molecular formula is C13H11NaO3S. The third-order valence-electron chi connectivity index (χ3n) is 2.59. The molecule has 0 spiro atoms. The summed E-state index contributed by atoms with van der Waals surface area (Å²) in [5.41, 5.74) is 0.948. The molecular weight excluding hydrogens is 259 g/mol. The summed E-state index contributed by atoms with van der Waals surface area (Å²) in [6.07, 6.45) is 0. The van der Waals surface area contributed by atoms with Crippen LogP contribution in [0.15, 0.2) is 47.9 Å². The average molecular weight is 270 g/mol. The number of hydrogen-bond donors (Lipinski definition) is 0. The van der Waals surface area contributed by atoms with Crippen LogP contribution in [0.4, 0.5) is 0 Å². The third kappa shape index (κ3) is 2.84. The van der Waals surface area contributed by atoms with Crippen LogP contribution in [0.2, 0.25) is 0 Å². The van der Waals surface area contributed by atoms with Crippen molar-refractivity contribution in [1.82, 2.24) is 0 Å². The van der Waals surface area contributed by atoms with E-state index in [1.54, 1.807) is 43.3 Å². The summed E-state index contributed by atoms with van der Waals surface area (Å²) >= 11 is 0. The van der Waals surface area contributed by atoms with Crippen molar-refractivity contribution in [3.63, 3.8) is 0 Å². The fourth-order valence-electron chi connectivity index (χ4n) is 1.85. The molecule has 0 aromatic heterocycles. The molecule has 0 aliphatic rings. The van der Waals surface area contributed by atoms with Crippen molar-refractivity contribution in [2.24, 2.45) is 0 Å². The van der Waals surface area contributed by atoms with Gasteiger partial charge < -0.3 is 4.55 Å². The van der Waals surface area contributed by atoms with Gasteiger partial charge in [0.2, 0.25) is 0 Å². The third-order valence-corrected chi connectivity index (χ3v) is 3.53. The molecule has 0 bridgehead atoms. The second-order valence-corrected chi connectivity index (χ2v) is 5.21. The van der Waals surface area contributed by atoms with Crippen molar-refractivity contribution >= 4 is 26.5 Å². The van der Waals surface area contributed by atoms with Gasteiger partial charge in [0.05, 0.1) is 4.90 Å². The number of rotatable bonds is 2. The van der Waals surface area contributed by atoms with Gasteiger partial charge in [0, 0.05) is 0 Å². The van der Waals surface area contributed by atoms with Crippen molar-refractivity contribution in [2.45, 2.75) is 11.8 Å². The van der Waals surface area contributed by atoms with Crippen LogP contribution in [-0.4, -0.2) is 13.0 Å². The van der Waals surface area contributed by atoms with E-state index in [9.17, 15) is 13.0 Å². The van der Waals surface area contributed by atoms with E-state index in [4.69, 9.17) is 0 Å². The number of allylic oxidation sites excluding steroid dienone is 1. The molecule has 88 valence electrons. The summed E-state index contributed by atoms with van der Waals surface area (Å²) in [6.45, 7) is 5.38. The predicted octanol–water partition coefficient (Wildman–Crippen LogP) is -0.219. The summed E-state index contributed by atoms with van der Waals surface area (Å²) in [4.78, 5) is -0.178. The maximum absolute atomic E-state index is 11.4. The summed E-state index contributed by atoms with van der Waals surface area (Å²) in [5.74, 6) is 0. The van der Waals surface area contributed by atoms with Crippen LogP contribution in [0.25, 0.3) is 16.3 Å². The van der Waals surface area contributed by atoms with E-state index in [1.165, 1.54) is 0 Å². The molecule has 0 aliphatic carbocycles. The number of benzene rings is 2. The van der Waals surface area contributed by atoms with Crippen molar-refractivity contribution in [2.75, 3.05) is 0 Å². The second kappa shape index (κ2) is 5.55. The smallest absolute Gasteiger partial charge is 0.744 e. The SMILES string of the molecule is C=C(C)c1ccc2ccccc2c1S(=O)(=O)[O-].[Na+]. The zero-order chi connectivity index (χ0) is 12.6. The van der Waals surface area contributed by atoms with Crippen LogP contribution >= 0.6 is 0 Å². The Kier molecular flexibility index (Phi) is 4.75. The Morgan fingerprint density at radius 2 is 1.78 bits per heavy atom. The zero-order valence-electron chi connectivity index (χ0n) is 10.3. The molecule has 0 saturated heterocycles. The summed E-state index contributed by atoms with van der Waals surface area (Å²) < 4.78 is 34.1. The molecule has 0 unspecified atom stereocenters. The van der Waals surface area contributed by atoms with Crippen molar-refractivity contribution in [1.29, 1.82) is 0 Å². The summed E-state index contributed by atoms with van der Waals surface area (Å²) in [6, 6.07) is 10.3. The first-order valence-electron chi connectivity index (χ1n) is 5.05. The largest absolute Gasteiger partial charge is 1.00 e. The molecule has 0 fully saturated rings. The molecule has 0 heterocycles. The van der Waals surface area contributed by atoms with Crippen molar-refractivity contribution in [3.8, 4) is 0 Å². The molecule has 0 aliphatic heterocycles. The number of fused-ring (bicyclic) bond motifs is 1. The molecule has 18 heavy (non-hydrogen) atoms. The standard InChI is InChI=1S/C13H12O3S.Na/c1-9(2)11-8-7-10-5-3-4-6-12(10)13(11)17(14,15)16;/h3-8H,1H2,2H3,(H,14,15,16);/q;+1/p-1. The Morgan fingerprint density at radius 1 is 1.17 bits per heavy atom. The van der Waals surface area contributed by atoms with Crippen LogP contribution in [0.3, 0.4) is 0 Å². The predicted molar refractivity (Wildman–Crippen MR) is 66.6 cm³/mol. The fraction of sp³-hybridized carbons (Fsp3) is 0.0769. The molecule has 0 atom stereocenters. The molecule has 2 rings (SSSR count). The molecule has 5 heteroatoms. The van der Waals surface area contributed by atoms with E-state index in [0.29, 0.717) is 16.5 Å². The maximum atomic E-state index is 11.4. The van der Waals surface area contributed by atoms with Crippen LogP contribution < -0.4 is 29.6 Å². The first-order valence-corrected chi connectivity index (χ1v) is 6.45. The first kappa shape index (κ1) is 15.4.